The Morgan fingerprint density at radius 2 is 1.95 bits per heavy atom. The highest BCUT2D eigenvalue weighted by molar-refractivity contribution is 5.48. The van der Waals surface area contributed by atoms with Crippen molar-refractivity contribution in [2.24, 2.45) is 0 Å². The van der Waals surface area contributed by atoms with Crippen LogP contribution in [0.5, 0.6) is 0 Å². The quantitative estimate of drug-likeness (QED) is 0.735. The molecule has 0 saturated carbocycles. The van der Waals surface area contributed by atoms with E-state index >= 15 is 0 Å². The minimum atomic E-state index is 0.506. The predicted octanol–water partition coefficient (Wildman–Crippen LogP) is 4.29. The standard InChI is InChI=1S/C18H33N3/c1-7-9-10-21(16(6)8-2)18-15(5)11-17(13-20-18)12-19-14(3)4/h11,13-14,16,19H,7-10,12H2,1-6H3. The first-order valence-corrected chi connectivity index (χ1v) is 8.45. The van der Waals surface area contributed by atoms with E-state index in [1.54, 1.807) is 0 Å². The van der Waals surface area contributed by atoms with Crippen LogP contribution in [-0.4, -0.2) is 23.6 Å². The van der Waals surface area contributed by atoms with E-state index in [0.29, 0.717) is 12.1 Å². The van der Waals surface area contributed by atoms with Crippen LogP contribution in [0.25, 0.3) is 0 Å². The molecule has 0 aliphatic carbocycles. The summed E-state index contributed by atoms with van der Waals surface area (Å²) in [4.78, 5) is 7.24. The monoisotopic (exact) mass is 291 g/mol. The third-order valence-corrected chi connectivity index (χ3v) is 3.97. The molecule has 0 fully saturated rings. The van der Waals surface area contributed by atoms with Crippen LogP contribution in [0.3, 0.4) is 0 Å². The van der Waals surface area contributed by atoms with Gasteiger partial charge in [-0.2, -0.15) is 0 Å². The van der Waals surface area contributed by atoms with Crippen LogP contribution in [0, 0.1) is 6.92 Å². The molecule has 0 aliphatic rings. The molecule has 1 heterocycles. The molecule has 3 nitrogen and oxygen atoms in total. The number of hydrogen-bond acceptors (Lipinski definition) is 3. The molecule has 1 aromatic rings. The summed E-state index contributed by atoms with van der Waals surface area (Å²) in [5, 5.41) is 3.45. The highest BCUT2D eigenvalue weighted by Crippen LogP contribution is 2.22. The Hall–Kier alpha value is -1.09. The summed E-state index contributed by atoms with van der Waals surface area (Å²) in [5.41, 5.74) is 2.55. The second-order valence-electron chi connectivity index (χ2n) is 6.32. The first kappa shape index (κ1) is 18.0. The predicted molar refractivity (Wildman–Crippen MR) is 93.0 cm³/mol. The topological polar surface area (TPSA) is 28.2 Å². The fourth-order valence-electron chi connectivity index (χ4n) is 2.43. The lowest BCUT2D eigenvalue weighted by Crippen LogP contribution is -2.35. The number of nitrogens with one attached hydrogen (secondary N) is 1. The number of nitrogens with zero attached hydrogens (tertiary/aromatic N) is 2. The van der Waals surface area contributed by atoms with Crippen LogP contribution >= 0.6 is 0 Å². The maximum absolute atomic E-state index is 4.76. The fourth-order valence-corrected chi connectivity index (χ4v) is 2.43. The number of pyridine rings is 1. The van der Waals surface area contributed by atoms with E-state index in [9.17, 15) is 0 Å². The van der Waals surface area contributed by atoms with Gasteiger partial charge in [-0.1, -0.05) is 34.1 Å². The Kier molecular flexibility index (Phi) is 7.73. The summed E-state index contributed by atoms with van der Waals surface area (Å²) in [6.45, 7) is 15.3. The Morgan fingerprint density at radius 3 is 2.48 bits per heavy atom. The van der Waals surface area contributed by atoms with Gasteiger partial charge in [0.15, 0.2) is 0 Å². The van der Waals surface area contributed by atoms with Gasteiger partial charge in [-0.25, -0.2) is 4.98 Å². The van der Waals surface area contributed by atoms with Gasteiger partial charge in [0, 0.05) is 31.4 Å². The van der Waals surface area contributed by atoms with Crippen molar-refractivity contribution in [1.82, 2.24) is 10.3 Å². The van der Waals surface area contributed by atoms with Crippen molar-refractivity contribution in [3.05, 3.63) is 23.4 Å². The zero-order valence-electron chi connectivity index (χ0n) is 14.7. The number of hydrogen-bond donors (Lipinski definition) is 1. The summed E-state index contributed by atoms with van der Waals surface area (Å²) in [6.07, 6.45) is 5.63. The molecule has 1 unspecified atom stereocenters. The zero-order chi connectivity index (χ0) is 15.8. The van der Waals surface area contributed by atoms with Crippen LogP contribution in [0.2, 0.25) is 0 Å². The molecule has 1 N–H and O–H groups in total. The third-order valence-electron chi connectivity index (χ3n) is 3.97. The lowest BCUT2D eigenvalue weighted by molar-refractivity contribution is 0.581. The number of anilines is 1. The molecule has 0 saturated heterocycles. The minimum Gasteiger partial charge on any atom is -0.354 e. The van der Waals surface area contributed by atoms with Crippen molar-refractivity contribution in [2.75, 3.05) is 11.4 Å². The first-order valence-electron chi connectivity index (χ1n) is 8.45. The Balaban J connectivity index is 2.88. The van der Waals surface area contributed by atoms with Gasteiger partial charge in [0.2, 0.25) is 0 Å². The number of aryl methyl sites for hydroxylation is 1. The van der Waals surface area contributed by atoms with Gasteiger partial charge in [-0.15, -0.1) is 0 Å². The van der Waals surface area contributed by atoms with E-state index in [-0.39, 0.29) is 0 Å². The Bertz CT molecular complexity index is 415. The lowest BCUT2D eigenvalue weighted by atomic mass is 10.1. The van der Waals surface area contributed by atoms with Crippen LogP contribution in [-0.2, 0) is 6.54 Å². The van der Waals surface area contributed by atoms with E-state index in [1.807, 2.05) is 6.20 Å². The van der Waals surface area contributed by atoms with E-state index in [2.05, 4.69) is 57.8 Å². The summed E-state index contributed by atoms with van der Waals surface area (Å²) in [6, 6.07) is 3.33. The molecule has 0 bridgehead atoms. The summed E-state index contributed by atoms with van der Waals surface area (Å²) < 4.78 is 0. The molecule has 1 atom stereocenters. The van der Waals surface area contributed by atoms with Gasteiger partial charge in [0.1, 0.15) is 5.82 Å². The van der Waals surface area contributed by atoms with Crippen molar-refractivity contribution in [3.63, 3.8) is 0 Å². The van der Waals surface area contributed by atoms with Gasteiger partial charge in [-0.05, 0) is 43.9 Å². The molecule has 120 valence electrons. The molecule has 21 heavy (non-hydrogen) atoms. The number of aromatic nitrogens is 1. The molecule has 0 spiro atoms. The van der Waals surface area contributed by atoms with Crippen molar-refractivity contribution < 1.29 is 0 Å². The van der Waals surface area contributed by atoms with Crippen LogP contribution < -0.4 is 10.2 Å². The van der Waals surface area contributed by atoms with Crippen molar-refractivity contribution in [2.45, 2.75) is 79.4 Å². The zero-order valence-corrected chi connectivity index (χ0v) is 14.7. The Labute approximate surface area is 131 Å². The summed E-state index contributed by atoms with van der Waals surface area (Å²) >= 11 is 0. The van der Waals surface area contributed by atoms with Crippen molar-refractivity contribution in [3.8, 4) is 0 Å². The molecule has 0 aliphatic heterocycles. The second-order valence-corrected chi connectivity index (χ2v) is 6.32. The molecular weight excluding hydrogens is 258 g/mol. The summed E-state index contributed by atoms with van der Waals surface area (Å²) in [7, 11) is 0. The third kappa shape index (κ3) is 5.66. The van der Waals surface area contributed by atoms with E-state index in [0.717, 1.165) is 25.3 Å². The van der Waals surface area contributed by atoms with E-state index in [4.69, 9.17) is 4.98 Å². The van der Waals surface area contributed by atoms with Crippen LogP contribution in [0.15, 0.2) is 12.3 Å². The number of rotatable bonds is 9. The molecular formula is C18H33N3. The first-order chi connectivity index (χ1) is 9.99. The largest absolute Gasteiger partial charge is 0.354 e. The van der Waals surface area contributed by atoms with E-state index < -0.39 is 0 Å². The maximum atomic E-state index is 4.76. The SMILES string of the molecule is CCCCN(c1ncc(CNC(C)C)cc1C)C(C)CC. The average molecular weight is 291 g/mol. The van der Waals surface area contributed by atoms with Crippen LogP contribution in [0.1, 0.15) is 65.0 Å². The minimum absolute atomic E-state index is 0.506. The molecule has 0 aromatic carbocycles. The highest BCUT2D eigenvalue weighted by Gasteiger charge is 2.16. The Morgan fingerprint density at radius 1 is 1.24 bits per heavy atom. The van der Waals surface area contributed by atoms with Crippen molar-refractivity contribution >= 4 is 5.82 Å². The molecule has 0 radical (unpaired) electrons. The molecule has 3 heteroatoms. The normalized spacial score (nSPS) is 12.7. The molecule has 1 rings (SSSR count). The van der Waals surface area contributed by atoms with Crippen LogP contribution in [0.4, 0.5) is 5.82 Å². The van der Waals surface area contributed by atoms with Gasteiger partial charge >= 0.3 is 0 Å². The molecule has 1 aromatic heterocycles. The van der Waals surface area contributed by atoms with Gasteiger partial charge in [0.25, 0.3) is 0 Å². The second kappa shape index (κ2) is 9.04. The fraction of sp³-hybridized carbons (Fsp3) is 0.722. The maximum Gasteiger partial charge on any atom is 0.131 e. The van der Waals surface area contributed by atoms with Crippen molar-refractivity contribution in [1.29, 1.82) is 0 Å². The number of unbranched alkanes of at least 4 members (excludes halogenated alkanes) is 1. The van der Waals surface area contributed by atoms with Gasteiger partial charge < -0.3 is 10.2 Å². The van der Waals surface area contributed by atoms with Gasteiger partial charge in [0.05, 0.1) is 0 Å². The smallest absolute Gasteiger partial charge is 0.131 e. The lowest BCUT2D eigenvalue weighted by Gasteiger charge is -2.31. The van der Waals surface area contributed by atoms with Gasteiger partial charge in [-0.3, -0.25) is 0 Å². The highest BCUT2D eigenvalue weighted by atomic mass is 15.2. The average Bonchev–Trinajstić information content (AvgIpc) is 2.46. The summed E-state index contributed by atoms with van der Waals surface area (Å²) in [5.74, 6) is 1.16. The molecule has 0 amide bonds. The van der Waals surface area contributed by atoms with E-state index in [1.165, 1.54) is 24.0 Å².